The van der Waals surface area contributed by atoms with Gasteiger partial charge in [0.1, 0.15) is 12.2 Å². The predicted molar refractivity (Wildman–Crippen MR) is 76.7 cm³/mol. The third-order valence-electron chi connectivity index (χ3n) is 6.21. The number of hydrogen-bond acceptors (Lipinski definition) is 5. The summed E-state index contributed by atoms with van der Waals surface area (Å²) in [5.41, 5.74) is 0.886. The lowest BCUT2D eigenvalue weighted by Gasteiger charge is -2.31. The Labute approximate surface area is 130 Å². The molecule has 120 valence electrons. The zero-order chi connectivity index (χ0) is 15.8. The Balaban J connectivity index is 1.74. The molecule has 22 heavy (non-hydrogen) atoms. The Morgan fingerprint density at radius 1 is 1.45 bits per heavy atom. The number of rotatable bonds is 1. The van der Waals surface area contributed by atoms with Gasteiger partial charge >= 0.3 is 11.9 Å². The Hall–Kier alpha value is -1.36. The first-order valence-corrected chi connectivity index (χ1v) is 8.06. The summed E-state index contributed by atoms with van der Waals surface area (Å²) in [5.74, 6) is -0.461. The zero-order valence-corrected chi connectivity index (χ0v) is 13.2. The molecule has 8 atom stereocenters. The van der Waals surface area contributed by atoms with E-state index in [0.717, 1.165) is 12.0 Å². The van der Waals surface area contributed by atoms with E-state index in [1.807, 2.05) is 6.92 Å². The molecular formula is C17H22O5. The van der Waals surface area contributed by atoms with Crippen LogP contribution in [0.5, 0.6) is 0 Å². The van der Waals surface area contributed by atoms with Crippen LogP contribution in [0.25, 0.3) is 0 Å². The second-order valence-electron chi connectivity index (χ2n) is 7.44. The third kappa shape index (κ3) is 1.75. The van der Waals surface area contributed by atoms with Crippen LogP contribution in [-0.4, -0.2) is 35.9 Å². The minimum absolute atomic E-state index is 0.108. The van der Waals surface area contributed by atoms with Crippen molar-refractivity contribution in [3.8, 4) is 0 Å². The van der Waals surface area contributed by atoms with Crippen LogP contribution < -0.4 is 0 Å². The van der Waals surface area contributed by atoms with Crippen molar-refractivity contribution in [2.24, 2.45) is 23.7 Å². The number of ether oxygens (including phenoxy) is 3. The van der Waals surface area contributed by atoms with E-state index >= 15 is 0 Å². The molecule has 0 aromatic rings. The van der Waals surface area contributed by atoms with Crippen molar-refractivity contribution in [3.63, 3.8) is 0 Å². The van der Waals surface area contributed by atoms with Gasteiger partial charge in [-0.25, -0.2) is 0 Å². The number of hydrogen-bond donors (Lipinski definition) is 0. The number of esters is 2. The van der Waals surface area contributed by atoms with E-state index < -0.39 is 0 Å². The number of fused-ring (bicyclic) bond motifs is 5. The number of carbonyl (C=O) groups excluding carboxylic acids is 2. The van der Waals surface area contributed by atoms with E-state index in [1.54, 1.807) is 0 Å². The number of epoxide rings is 1. The second-order valence-corrected chi connectivity index (χ2v) is 7.44. The topological polar surface area (TPSA) is 65.1 Å². The van der Waals surface area contributed by atoms with Crippen molar-refractivity contribution in [2.45, 2.75) is 57.5 Å². The van der Waals surface area contributed by atoms with Crippen LogP contribution in [0, 0.1) is 23.7 Å². The molecule has 2 aliphatic carbocycles. The molecule has 4 rings (SSSR count). The van der Waals surface area contributed by atoms with E-state index in [1.165, 1.54) is 6.92 Å². The van der Waals surface area contributed by atoms with Gasteiger partial charge in [0.2, 0.25) is 0 Å². The highest BCUT2D eigenvalue weighted by Crippen LogP contribution is 2.63. The van der Waals surface area contributed by atoms with Crippen LogP contribution in [-0.2, 0) is 23.8 Å². The highest BCUT2D eigenvalue weighted by molar-refractivity contribution is 5.75. The maximum atomic E-state index is 12.2. The second kappa shape index (κ2) is 4.34. The molecule has 5 heteroatoms. The van der Waals surface area contributed by atoms with Crippen molar-refractivity contribution in [2.75, 3.05) is 0 Å². The molecule has 0 amide bonds. The summed E-state index contributed by atoms with van der Waals surface area (Å²) in [6.07, 6.45) is 1.23. The summed E-state index contributed by atoms with van der Waals surface area (Å²) < 4.78 is 17.2. The normalized spacial score (nSPS) is 52.2. The molecule has 5 nitrogen and oxygen atoms in total. The van der Waals surface area contributed by atoms with Gasteiger partial charge in [-0.3, -0.25) is 9.59 Å². The molecule has 2 unspecified atom stereocenters. The van der Waals surface area contributed by atoms with Crippen molar-refractivity contribution in [1.29, 1.82) is 0 Å². The van der Waals surface area contributed by atoms with Crippen molar-refractivity contribution >= 4 is 11.9 Å². The number of carbonyl (C=O) groups is 2. The fourth-order valence-corrected chi connectivity index (χ4v) is 5.09. The Morgan fingerprint density at radius 2 is 2.18 bits per heavy atom. The van der Waals surface area contributed by atoms with Crippen LogP contribution in [0.15, 0.2) is 12.2 Å². The lowest BCUT2D eigenvalue weighted by atomic mass is 9.77. The quantitative estimate of drug-likeness (QED) is 0.420. The van der Waals surface area contributed by atoms with Gasteiger partial charge in [0, 0.05) is 25.2 Å². The average molecular weight is 306 g/mol. The van der Waals surface area contributed by atoms with Crippen LogP contribution in [0.3, 0.4) is 0 Å². The molecule has 0 aromatic heterocycles. The van der Waals surface area contributed by atoms with Crippen molar-refractivity contribution in [3.05, 3.63) is 12.2 Å². The SMILES string of the molecule is C=C1C[C@H](OC(C)=O)[C@@H]2[C@H](OC(=O)[C@H]2C)[C@@H]2[C@H]1CC1OC12C. The smallest absolute Gasteiger partial charge is 0.309 e. The average Bonchev–Trinajstić information content (AvgIpc) is 2.88. The molecule has 2 aliphatic heterocycles. The molecule has 2 saturated heterocycles. The lowest BCUT2D eigenvalue weighted by Crippen LogP contribution is -2.41. The maximum absolute atomic E-state index is 12.2. The summed E-state index contributed by atoms with van der Waals surface area (Å²) in [6.45, 7) is 9.63. The van der Waals surface area contributed by atoms with Crippen molar-refractivity contribution in [1.82, 2.24) is 0 Å². The van der Waals surface area contributed by atoms with Gasteiger partial charge in [-0.1, -0.05) is 19.1 Å². The highest BCUT2D eigenvalue weighted by atomic mass is 16.6. The molecule has 4 fully saturated rings. The minimum atomic E-state index is -0.331. The first-order chi connectivity index (χ1) is 10.3. The largest absolute Gasteiger partial charge is 0.462 e. The Kier molecular flexibility index (Phi) is 2.81. The van der Waals surface area contributed by atoms with Gasteiger partial charge < -0.3 is 14.2 Å². The van der Waals surface area contributed by atoms with Gasteiger partial charge in [0.05, 0.1) is 17.6 Å². The molecule has 0 N–H and O–H groups in total. The molecule has 4 aliphatic rings. The Bertz CT molecular complexity index is 569. The lowest BCUT2D eigenvalue weighted by molar-refractivity contribution is -0.151. The minimum Gasteiger partial charge on any atom is -0.462 e. The van der Waals surface area contributed by atoms with Crippen LogP contribution in [0.2, 0.25) is 0 Å². The fraction of sp³-hybridized carbons (Fsp3) is 0.765. The fourth-order valence-electron chi connectivity index (χ4n) is 5.09. The molecule has 2 heterocycles. The molecule has 0 spiro atoms. The maximum Gasteiger partial charge on any atom is 0.309 e. The molecule has 0 radical (unpaired) electrons. The van der Waals surface area contributed by atoms with Crippen LogP contribution in [0.1, 0.15) is 33.6 Å². The summed E-state index contributed by atoms with van der Waals surface area (Å²) in [7, 11) is 0. The first-order valence-electron chi connectivity index (χ1n) is 8.06. The third-order valence-corrected chi connectivity index (χ3v) is 6.21. The summed E-state index contributed by atoms with van der Waals surface area (Å²) in [4.78, 5) is 23.6. The molecular weight excluding hydrogens is 284 g/mol. The zero-order valence-electron chi connectivity index (χ0n) is 13.2. The monoisotopic (exact) mass is 306 g/mol. The van der Waals surface area contributed by atoms with Gasteiger partial charge in [-0.2, -0.15) is 0 Å². The van der Waals surface area contributed by atoms with E-state index in [9.17, 15) is 9.59 Å². The first kappa shape index (κ1) is 14.2. The summed E-state index contributed by atoms with van der Waals surface area (Å²) in [5, 5.41) is 0. The van der Waals surface area contributed by atoms with E-state index in [-0.39, 0.29) is 59.5 Å². The van der Waals surface area contributed by atoms with Gasteiger partial charge in [-0.05, 0) is 19.3 Å². The van der Waals surface area contributed by atoms with Gasteiger partial charge in [0.15, 0.2) is 0 Å². The van der Waals surface area contributed by atoms with Crippen LogP contribution >= 0.6 is 0 Å². The molecule has 2 saturated carbocycles. The van der Waals surface area contributed by atoms with Crippen LogP contribution in [0.4, 0.5) is 0 Å². The predicted octanol–water partition coefficient (Wildman–Crippen LogP) is 1.85. The standard InChI is InChI=1S/C17H22O5/c1-7-5-11(20-9(3)18)13-8(2)16(19)21-15(13)14-10(7)6-12-17(14,4)22-12/h8,10-15H,1,5-6H2,2-4H3/t8-,10-,11-,12?,13+,14-,15-,17?/m0/s1. The van der Waals surface area contributed by atoms with E-state index in [0.29, 0.717) is 6.42 Å². The van der Waals surface area contributed by atoms with Crippen molar-refractivity contribution < 1.29 is 23.8 Å². The van der Waals surface area contributed by atoms with E-state index in [4.69, 9.17) is 14.2 Å². The Morgan fingerprint density at radius 3 is 2.86 bits per heavy atom. The highest BCUT2D eigenvalue weighted by Gasteiger charge is 2.72. The van der Waals surface area contributed by atoms with E-state index in [2.05, 4.69) is 13.5 Å². The molecule has 0 bridgehead atoms. The molecule has 0 aromatic carbocycles. The van der Waals surface area contributed by atoms with Gasteiger partial charge in [0.25, 0.3) is 0 Å². The van der Waals surface area contributed by atoms with Gasteiger partial charge in [-0.15, -0.1) is 0 Å². The summed E-state index contributed by atoms with van der Waals surface area (Å²) >= 11 is 0. The summed E-state index contributed by atoms with van der Waals surface area (Å²) in [6, 6.07) is 0.